The van der Waals surface area contributed by atoms with Gasteiger partial charge >= 0.3 is 7.12 Å². The second-order valence-electron chi connectivity index (χ2n) is 5.81. The minimum absolute atomic E-state index is 0.0819. The van der Waals surface area contributed by atoms with Crippen molar-refractivity contribution in [2.75, 3.05) is 0 Å². The van der Waals surface area contributed by atoms with Crippen LogP contribution < -0.4 is 5.46 Å². The fourth-order valence-corrected chi connectivity index (χ4v) is 1.86. The Labute approximate surface area is 136 Å². The van der Waals surface area contributed by atoms with Gasteiger partial charge in [0.05, 0.1) is 22.4 Å². The van der Waals surface area contributed by atoms with Crippen molar-refractivity contribution < 1.29 is 20.3 Å². The molecule has 0 aromatic carbocycles. The largest absolute Gasteiger partial charge is 0.495 e. The normalized spacial score (nSPS) is 26.0. The highest BCUT2D eigenvalue weighted by Crippen LogP contribution is 2.36. The molecular formula is C15H20BN3O2. The average molecular weight is 293 g/mol. The van der Waals surface area contributed by atoms with Crippen LogP contribution in [0.1, 0.15) is 44.4 Å². The molecule has 21 heavy (non-hydrogen) atoms. The number of pyridine rings is 1. The van der Waals surface area contributed by atoms with Crippen LogP contribution in [-0.2, 0) is 9.31 Å². The smallest absolute Gasteiger partial charge is 0.399 e. The van der Waals surface area contributed by atoms with Crippen LogP contribution in [0.25, 0.3) is 5.82 Å². The molecule has 0 atom stereocenters. The predicted octanol–water partition coefficient (Wildman–Crippen LogP) is 1.87. The summed E-state index contributed by atoms with van der Waals surface area (Å²) < 4.78 is 75.7. The van der Waals surface area contributed by atoms with E-state index in [4.69, 9.17) is 20.3 Å². The number of imidazole rings is 1. The molecule has 6 heteroatoms. The molecule has 2 aromatic rings. The molecule has 3 heterocycles. The molecule has 1 fully saturated rings. The first kappa shape index (κ1) is 7.56. The summed E-state index contributed by atoms with van der Waals surface area (Å²) in [4.78, 5) is 7.45. The van der Waals surface area contributed by atoms with Crippen molar-refractivity contribution in [3.63, 3.8) is 0 Å². The van der Waals surface area contributed by atoms with Gasteiger partial charge in [-0.2, -0.15) is 0 Å². The maximum Gasteiger partial charge on any atom is 0.495 e. The minimum atomic E-state index is -2.73. The van der Waals surface area contributed by atoms with Crippen LogP contribution in [0.5, 0.6) is 0 Å². The lowest BCUT2D eigenvalue weighted by Crippen LogP contribution is -2.41. The molecule has 0 amide bonds. The van der Waals surface area contributed by atoms with Gasteiger partial charge in [-0.05, 0) is 52.1 Å². The van der Waals surface area contributed by atoms with Gasteiger partial charge in [-0.15, -0.1) is 0 Å². The molecule has 0 bridgehead atoms. The molecule has 0 aliphatic carbocycles. The quantitative estimate of drug-likeness (QED) is 0.793. The number of aromatic nitrogens is 3. The lowest BCUT2D eigenvalue weighted by Gasteiger charge is -2.32. The van der Waals surface area contributed by atoms with Crippen LogP contribution in [-0.4, -0.2) is 32.9 Å². The summed E-state index contributed by atoms with van der Waals surface area (Å²) in [6.45, 7) is 4.46. The van der Waals surface area contributed by atoms with Gasteiger partial charge in [0, 0.05) is 16.5 Å². The minimum Gasteiger partial charge on any atom is -0.399 e. The Hall–Kier alpha value is -1.66. The van der Waals surface area contributed by atoms with Crippen LogP contribution >= 0.6 is 0 Å². The van der Waals surface area contributed by atoms with E-state index < -0.39 is 55.6 Å². The highest BCUT2D eigenvalue weighted by Gasteiger charge is 2.51. The standard InChI is InChI=1S/C15H20BN3O2/c1-11-9-19(10-18-11)13-8-12(6-7-17-13)16-20-14(2,3)15(4,5)21-16/h6-10H,1-5H3/i1D3,6D,7D,8D,9D,10D. The Bertz CT molecular complexity index is 973. The molecule has 1 aliphatic heterocycles. The lowest BCUT2D eigenvalue weighted by atomic mass is 9.80. The van der Waals surface area contributed by atoms with Crippen LogP contribution in [0, 0.1) is 6.85 Å². The third kappa shape index (κ3) is 2.49. The summed E-state index contributed by atoms with van der Waals surface area (Å²) in [5, 5.41) is 0. The van der Waals surface area contributed by atoms with E-state index in [1.54, 1.807) is 27.7 Å². The van der Waals surface area contributed by atoms with Crippen LogP contribution in [0.2, 0.25) is 0 Å². The third-order valence-electron chi connectivity index (χ3n) is 3.78. The van der Waals surface area contributed by atoms with Crippen molar-refractivity contribution in [2.24, 2.45) is 0 Å². The van der Waals surface area contributed by atoms with Gasteiger partial charge in [-0.25, -0.2) is 9.97 Å². The molecule has 3 rings (SSSR count). The zero-order valence-electron chi connectivity index (χ0n) is 20.2. The van der Waals surface area contributed by atoms with Crippen LogP contribution in [0.4, 0.5) is 0 Å². The van der Waals surface area contributed by atoms with Crippen molar-refractivity contribution in [1.29, 1.82) is 0 Å². The molecule has 1 saturated heterocycles. The second-order valence-corrected chi connectivity index (χ2v) is 5.81. The van der Waals surface area contributed by atoms with Gasteiger partial charge < -0.3 is 9.31 Å². The van der Waals surface area contributed by atoms with E-state index in [1.165, 1.54) is 0 Å². The van der Waals surface area contributed by atoms with Crippen LogP contribution in [0.15, 0.2) is 30.7 Å². The van der Waals surface area contributed by atoms with Gasteiger partial charge in [-0.1, -0.05) is 0 Å². The SMILES string of the molecule is [2H]c1nc(-n2c([2H])nc(C([2H])([2H])[2H])c2[2H])c([2H])c(B2OC(C)(C)C(C)(C)O2)c1[2H]. The molecule has 0 radical (unpaired) electrons. The van der Waals surface area contributed by atoms with E-state index >= 15 is 0 Å². The Balaban J connectivity index is 2.22. The first-order valence-electron chi connectivity index (χ1n) is 10.5. The van der Waals surface area contributed by atoms with Crippen molar-refractivity contribution in [1.82, 2.24) is 14.5 Å². The molecule has 5 nitrogen and oxygen atoms in total. The Morgan fingerprint density at radius 1 is 1.24 bits per heavy atom. The van der Waals surface area contributed by atoms with Crippen molar-refractivity contribution >= 4 is 12.6 Å². The molecule has 0 spiro atoms. The van der Waals surface area contributed by atoms with Gasteiger partial charge in [-0.3, -0.25) is 4.57 Å². The molecule has 0 saturated carbocycles. The molecule has 0 N–H and O–H groups in total. The summed E-state index contributed by atoms with van der Waals surface area (Å²) >= 11 is 0. The summed E-state index contributed by atoms with van der Waals surface area (Å²) in [7, 11) is -1.14. The third-order valence-corrected chi connectivity index (χ3v) is 3.78. The number of nitrogens with zero attached hydrogens (tertiary/aromatic N) is 3. The van der Waals surface area contributed by atoms with Crippen molar-refractivity contribution in [3.8, 4) is 5.82 Å². The monoisotopic (exact) mass is 293 g/mol. The zero-order chi connectivity index (χ0) is 22.1. The number of hydrogen-bond donors (Lipinski definition) is 0. The summed E-state index contributed by atoms with van der Waals surface area (Å²) in [6.07, 6.45) is -1.77. The van der Waals surface area contributed by atoms with E-state index in [-0.39, 0.29) is 17.3 Å². The summed E-state index contributed by atoms with van der Waals surface area (Å²) in [6, 6.07) is -0.785. The zero-order valence-corrected chi connectivity index (χ0v) is 12.2. The lowest BCUT2D eigenvalue weighted by molar-refractivity contribution is 0.00578. The maximum atomic E-state index is 8.52. The number of aryl methyl sites for hydroxylation is 1. The first-order chi connectivity index (χ1) is 13.1. The molecule has 0 unspecified atom stereocenters. The van der Waals surface area contributed by atoms with E-state index in [0.717, 1.165) is 4.57 Å². The van der Waals surface area contributed by atoms with Gasteiger partial charge in [0.1, 0.15) is 13.5 Å². The van der Waals surface area contributed by atoms with Crippen molar-refractivity contribution in [3.05, 3.63) is 36.4 Å². The van der Waals surface area contributed by atoms with E-state index in [0.29, 0.717) is 0 Å². The maximum absolute atomic E-state index is 8.52. The highest BCUT2D eigenvalue weighted by atomic mass is 16.7. The highest BCUT2D eigenvalue weighted by molar-refractivity contribution is 6.62. The topological polar surface area (TPSA) is 49.2 Å². The number of rotatable bonds is 2. The molecule has 2 aromatic heterocycles. The molecular weight excluding hydrogens is 265 g/mol. The van der Waals surface area contributed by atoms with Gasteiger partial charge in [0.2, 0.25) is 0 Å². The Morgan fingerprint density at radius 3 is 2.57 bits per heavy atom. The second kappa shape index (κ2) is 4.68. The fraction of sp³-hybridized carbons (Fsp3) is 0.467. The van der Waals surface area contributed by atoms with Crippen LogP contribution in [0.3, 0.4) is 0 Å². The van der Waals surface area contributed by atoms with Crippen molar-refractivity contribution in [2.45, 2.75) is 45.7 Å². The Morgan fingerprint density at radius 2 is 1.95 bits per heavy atom. The molecule has 1 aliphatic rings. The van der Waals surface area contributed by atoms with E-state index in [1.807, 2.05) is 0 Å². The number of hydrogen-bond acceptors (Lipinski definition) is 4. The first-order valence-corrected chi connectivity index (χ1v) is 6.48. The van der Waals surface area contributed by atoms with E-state index in [9.17, 15) is 0 Å². The Kier molecular flexibility index (Phi) is 1.68. The van der Waals surface area contributed by atoms with Gasteiger partial charge in [0.25, 0.3) is 0 Å². The van der Waals surface area contributed by atoms with Gasteiger partial charge in [0.15, 0.2) is 0 Å². The summed E-state index contributed by atoms with van der Waals surface area (Å²) in [5.74, 6) is -0.353. The predicted molar refractivity (Wildman–Crippen MR) is 81.8 cm³/mol. The fourth-order valence-electron chi connectivity index (χ4n) is 1.86. The molecule has 110 valence electrons. The average Bonchev–Trinajstić information content (AvgIpc) is 2.96. The van der Waals surface area contributed by atoms with E-state index in [2.05, 4.69) is 9.97 Å². The summed E-state index contributed by atoms with van der Waals surface area (Å²) in [5.41, 5.74) is -2.21.